The third-order valence-electron chi connectivity index (χ3n) is 2.69. The minimum atomic E-state index is 0.281. The standard InChI is InChI=1S/C11H18ClN3/c1-8(11(2,3)4)7-14-9-5-6-13-10(12)15-9/h5-6,8H,7H2,1-4H3,(H,13,14,15). The molecule has 0 aromatic carbocycles. The van der Waals surface area contributed by atoms with Crippen LogP contribution in [0.2, 0.25) is 5.28 Å². The highest BCUT2D eigenvalue weighted by Gasteiger charge is 2.19. The van der Waals surface area contributed by atoms with E-state index in [2.05, 4.69) is 43.0 Å². The lowest BCUT2D eigenvalue weighted by molar-refractivity contribution is 0.274. The molecule has 1 atom stereocenters. The monoisotopic (exact) mass is 227 g/mol. The van der Waals surface area contributed by atoms with Crippen molar-refractivity contribution in [3.05, 3.63) is 17.5 Å². The number of aromatic nitrogens is 2. The van der Waals surface area contributed by atoms with Crippen molar-refractivity contribution < 1.29 is 0 Å². The molecule has 1 rings (SSSR count). The molecule has 1 aromatic rings. The van der Waals surface area contributed by atoms with Gasteiger partial charge in [-0.2, -0.15) is 0 Å². The maximum absolute atomic E-state index is 5.69. The Hall–Kier alpha value is -0.830. The molecule has 3 nitrogen and oxygen atoms in total. The summed E-state index contributed by atoms with van der Waals surface area (Å²) in [7, 11) is 0. The van der Waals surface area contributed by atoms with Gasteiger partial charge < -0.3 is 5.32 Å². The first-order chi connectivity index (χ1) is 6.89. The zero-order valence-electron chi connectivity index (χ0n) is 9.71. The zero-order chi connectivity index (χ0) is 11.5. The summed E-state index contributed by atoms with van der Waals surface area (Å²) in [5.41, 5.74) is 0.295. The number of anilines is 1. The van der Waals surface area contributed by atoms with Gasteiger partial charge in [-0.05, 0) is 29.0 Å². The smallest absolute Gasteiger partial charge is 0.224 e. The van der Waals surface area contributed by atoms with Crippen LogP contribution >= 0.6 is 11.6 Å². The average Bonchev–Trinajstić information content (AvgIpc) is 2.12. The van der Waals surface area contributed by atoms with Crippen LogP contribution in [0.5, 0.6) is 0 Å². The predicted octanol–water partition coefficient (Wildman–Crippen LogP) is 3.22. The second-order valence-corrected chi connectivity index (χ2v) is 5.20. The van der Waals surface area contributed by atoms with E-state index in [-0.39, 0.29) is 5.28 Å². The summed E-state index contributed by atoms with van der Waals surface area (Å²) in [6.07, 6.45) is 1.65. The van der Waals surface area contributed by atoms with Crippen molar-refractivity contribution in [2.75, 3.05) is 11.9 Å². The normalized spacial score (nSPS) is 13.7. The van der Waals surface area contributed by atoms with E-state index in [1.807, 2.05) is 6.07 Å². The lowest BCUT2D eigenvalue weighted by Gasteiger charge is -2.27. The van der Waals surface area contributed by atoms with E-state index in [0.29, 0.717) is 11.3 Å². The van der Waals surface area contributed by atoms with Crippen LogP contribution in [-0.4, -0.2) is 16.5 Å². The van der Waals surface area contributed by atoms with Gasteiger partial charge in [0.05, 0.1) is 0 Å². The number of hydrogen-bond acceptors (Lipinski definition) is 3. The van der Waals surface area contributed by atoms with Crippen molar-refractivity contribution >= 4 is 17.4 Å². The number of nitrogens with one attached hydrogen (secondary N) is 1. The highest BCUT2D eigenvalue weighted by atomic mass is 35.5. The Morgan fingerprint density at radius 2 is 2.13 bits per heavy atom. The molecule has 4 heteroatoms. The minimum Gasteiger partial charge on any atom is -0.370 e. The van der Waals surface area contributed by atoms with Crippen molar-refractivity contribution in [1.29, 1.82) is 0 Å². The Labute approximate surface area is 96.3 Å². The molecule has 0 aliphatic carbocycles. The van der Waals surface area contributed by atoms with E-state index in [1.165, 1.54) is 0 Å². The summed E-state index contributed by atoms with van der Waals surface area (Å²) in [4.78, 5) is 7.90. The molecule has 15 heavy (non-hydrogen) atoms. The second kappa shape index (κ2) is 4.79. The number of hydrogen-bond donors (Lipinski definition) is 1. The van der Waals surface area contributed by atoms with Gasteiger partial charge in [-0.1, -0.05) is 27.7 Å². The summed E-state index contributed by atoms with van der Waals surface area (Å²) < 4.78 is 0. The van der Waals surface area contributed by atoms with Gasteiger partial charge in [-0.15, -0.1) is 0 Å². The van der Waals surface area contributed by atoms with Crippen LogP contribution in [-0.2, 0) is 0 Å². The van der Waals surface area contributed by atoms with Crippen LogP contribution in [0.25, 0.3) is 0 Å². The van der Waals surface area contributed by atoms with Gasteiger partial charge in [0.1, 0.15) is 5.82 Å². The van der Waals surface area contributed by atoms with E-state index < -0.39 is 0 Å². The zero-order valence-corrected chi connectivity index (χ0v) is 10.5. The molecular weight excluding hydrogens is 210 g/mol. The Morgan fingerprint density at radius 3 is 2.67 bits per heavy atom. The van der Waals surface area contributed by atoms with Crippen molar-refractivity contribution in [2.45, 2.75) is 27.7 Å². The van der Waals surface area contributed by atoms with E-state index in [4.69, 9.17) is 11.6 Å². The predicted molar refractivity (Wildman–Crippen MR) is 64.2 cm³/mol. The highest BCUT2D eigenvalue weighted by molar-refractivity contribution is 6.28. The Morgan fingerprint density at radius 1 is 1.47 bits per heavy atom. The first-order valence-electron chi connectivity index (χ1n) is 5.12. The largest absolute Gasteiger partial charge is 0.370 e. The van der Waals surface area contributed by atoms with Crippen LogP contribution in [0.1, 0.15) is 27.7 Å². The summed E-state index contributed by atoms with van der Waals surface area (Å²) in [5, 5.41) is 3.54. The molecule has 0 amide bonds. The Balaban J connectivity index is 2.51. The number of rotatable bonds is 3. The summed E-state index contributed by atoms with van der Waals surface area (Å²) in [6.45, 7) is 9.79. The fourth-order valence-electron chi connectivity index (χ4n) is 0.997. The van der Waals surface area contributed by atoms with E-state index in [0.717, 1.165) is 12.4 Å². The molecule has 0 aliphatic rings. The molecular formula is C11H18ClN3. The molecule has 0 saturated carbocycles. The molecule has 1 unspecified atom stereocenters. The number of halogens is 1. The topological polar surface area (TPSA) is 37.8 Å². The minimum absolute atomic E-state index is 0.281. The lowest BCUT2D eigenvalue weighted by atomic mass is 9.82. The van der Waals surface area contributed by atoms with Crippen molar-refractivity contribution in [3.8, 4) is 0 Å². The van der Waals surface area contributed by atoms with E-state index >= 15 is 0 Å². The van der Waals surface area contributed by atoms with Gasteiger partial charge in [0.2, 0.25) is 5.28 Å². The van der Waals surface area contributed by atoms with Crippen molar-refractivity contribution in [2.24, 2.45) is 11.3 Å². The maximum atomic E-state index is 5.69. The molecule has 84 valence electrons. The maximum Gasteiger partial charge on any atom is 0.224 e. The van der Waals surface area contributed by atoms with Gasteiger partial charge in [0.15, 0.2) is 0 Å². The fourth-order valence-corrected chi connectivity index (χ4v) is 1.14. The third kappa shape index (κ3) is 4.04. The second-order valence-electron chi connectivity index (χ2n) is 4.86. The van der Waals surface area contributed by atoms with Crippen molar-refractivity contribution in [3.63, 3.8) is 0 Å². The van der Waals surface area contributed by atoms with Gasteiger partial charge in [-0.3, -0.25) is 0 Å². The summed E-state index contributed by atoms with van der Waals surface area (Å²) >= 11 is 5.69. The van der Waals surface area contributed by atoms with Crippen LogP contribution in [0.15, 0.2) is 12.3 Å². The van der Waals surface area contributed by atoms with E-state index in [1.54, 1.807) is 6.20 Å². The van der Waals surface area contributed by atoms with Crippen LogP contribution < -0.4 is 5.32 Å². The molecule has 0 spiro atoms. The number of nitrogens with zero attached hydrogens (tertiary/aromatic N) is 2. The molecule has 0 bridgehead atoms. The first kappa shape index (κ1) is 12.2. The molecule has 1 heterocycles. The summed E-state index contributed by atoms with van der Waals surface area (Å²) in [6, 6.07) is 1.82. The molecule has 0 aliphatic heterocycles. The van der Waals surface area contributed by atoms with Gasteiger partial charge in [0, 0.05) is 12.7 Å². The van der Waals surface area contributed by atoms with E-state index in [9.17, 15) is 0 Å². The quantitative estimate of drug-likeness (QED) is 0.806. The average molecular weight is 228 g/mol. The van der Waals surface area contributed by atoms with Gasteiger partial charge in [-0.25, -0.2) is 9.97 Å². The van der Waals surface area contributed by atoms with Crippen LogP contribution in [0.3, 0.4) is 0 Å². The van der Waals surface area contributed by atoms with Gasteiger partial charge in [0.25, 0.3) is 0 Å². The third-order valence-corrected chi connectivity index (χ3v) is 2.88. The fraction of sp³-hybridized carbons (Fsp3) is 0.636. The SMILES string of the molecule is CC(CNc1ccnc(Cl)n1)C(C)(C)C. The van der Waals surface area contributed by atoms with Gasteiger partial charge >= 0.3 is 0 Å². The molecule has 0 fully saturated rings. The van der Waals surface area contributed by atoms with Crippen LogP contribution in [0.4, 0.5) is 5.82 Å². The Bertz CT molecular complexity index is 320. The lowest BCUT2D eigenvalue weighted by Crippen LogP contribution is -2.25. The molecule has 1 N–H and O–H groups in total. The van der Waals surface area contributed by atoms with Crippen LogP contribution in [0, 0.1) is 11.3 Å². The Kier molecular flexibility index (Phi) is 3.91. The molecule has 0 saturated heterocycles. The molecule has 0 radical (unpaired) electrons. The highest BCUT2D eigenvalue weighted by Crippen LogP contribution is 2.25. The first-order valence-corrected chi connectivity index (χ1v) is 5.50. The summed E-state index contributed by atoms with van der Waals surface area (Å²) in [5.74, 6) is 1.34. The van der Waals surface area contributed by atoms with Crippen molar-refractivity contribution in [1.82, 2.24) is 9.97 Å². The molecule has 1 aromatic heterocycles.